The van der Waals surface area contributed by atoms with Gasteiger partial charge in [0.05, 0.1) is 0 Å². The number of aromatic hydroxyl groups is 2. The fraction of sp³-hybridized carbons (Fsp3) is 0.429. The van der Waals surface area contributed by atoms with Crippen molar-refractivity contribution in [2.45, 2.75) is 59.8 Å². The van der Waals surface area contributed by atoms with E-state index in [-0.39, 0.29) is 5.41 Å². The molecule has 0 heterocycles. The van der Waals surface area contributed by atoms with Crippen molar-refractivity contribution >= 4 is 0 Å². The Balaban J connectivity index is 2.74. The molecule has 23 heavy (non-hydrogen) atoms. The molecule has 2 N–H and O–H groups in total. The van der Waals surface area contributed by atoms with Crippen molar-refractivity contribution in [3.63, 3.8) is 0 Å². The largest absolute Gasteiger partial charge is 0.507 e. The summed E-state index contributed by atoms with van der Waals surface area (Å²) in [6, 6.07) is 8.42. The molecule has 0 saturated carbocycles. The summed E-state index contributed by atoms with van der Waals surface area (Å²) in [6.45, 7) is 12.2. The molecule has 0 atom stereocenters. The first-order valence-electron chi connectivity index (χ1n) is 8.38. The third-order valence-corrected chi connectivity index (χ3v) is 5.29. The lowest BCUT2D eigenvalue weighted by molar-refractivity contribution is 0.453. The number of hydrogen-bond acceptors (Lipinski definition) is 2. The van der Waals surface area contributed by atoms with Gasteiger partial charge in [0.2, 0.25) is 0 Å². The molecular formula is C21H28O2. The molecule has 0 aromatic heterocycles. The Hall–Kier alpha value is -1.96. The van der Waals surface area contributed by atoms with Gasteiger partial charge in [-0.15, -0.1) is 0 Å². The molecule has 2 nitrogen and oxygen atoms in total. The Morgan fingerprint density at radius 2 is 0.913 bits per heavy atom. The second-order valence-electron chi connectivity index (χ2n) is 6.71. The zero-order chi connectivity index (χ0) is 17.4. The number of phenolic OH excluding ortho intramolecular Hbond substituents is 2. The summed E-state index contributed by atoms with van der Waals surface area (Å²) in [5, 5.41) is 20.2. The van der Waals surface area contributed by atoms with Crippen LogP contribution in [0, 0.1) is 27.7 Å². The van der Waals surface area contributed by atoms with Gasteiger partial charge in [-0.1, -0.05) is 38.1 Å². The van der Waals surface area contributed by atoms with Crippen molar-refractivity contribution in [2.75, 3.05) is 0 Å². The van der Waals surface area contributed by atoms with Crippen molar-refractivity contribution in [3.8, 4) is 11.5 Å². The molecule has 0 aliphatic heterocycles. The van der Waals surface area contributed by atoms with Crippen molar-refractivity contribution in [1.82, 2.24) is 0 Å². The minimum absolute atomic E-state index is 0.105. The summed E-state index contributed by atoms with van der Waals surface area (Å²) in [5.74, 6) is 0.765. The maximum atomic E-state index is 10.1. The van der Waals surface area contributed by atoms with Crippen LogP contribution in [0.2, 0.25) is 0 Å². The van der Waals surface area contributed by atoms with Gasteiger partial charge < -0.3 is 10.2 Å². The van der Waals surface area contributed by atoms with E-state index in [1.165, 1.54) is 11.1 Å². The van der Waals surface area contributed by atoms with Gasteiger partial charge in [0.15, 0.2) is 0 Å². The lowest BCUT2D eigenvalue weighted by Gasteiger charge is -2.34. The highest BCUT2D eigenvalue weighted by molar-refractivity contribution is 5.52. The van der Waals surface area contributed by atoms with Crippen LogP contribution in [0.25, 0.3) is 0 Å². The predicted molar refractivity (Wildman–Crippen MR) is 96.5 cm³/mol. The topological polar surface area (TPSA) is 40.5 Å². The molecule has 2 aromatic rings. The number of rotatable bonds is 4. The number of benzene rings is 2. The Bertz CT molecular complexity index is 619. The molecule has 0 amide bonds. The molecule has 0 aliphatic carbocycles. The van der Waals surface area contributed by atoms with Gasteiger partial charge in [-0.05, 0) is 73.9 Å². The summed E-state index contributed by atoms with van der Waals surface area (Å²) in [5.41, 5.74) is 6.03. The molecule has 0 unspecified atom stereocenters. The highest BCUT2D eigenvalue weighted by Crippen LogP contribution is 2.42. The molecule has 2 heteroatoms. The second kappa shape index (κ2) is 6.27. The van der Waals surface area contributed by atoms with Crippen LogP contribution in [0.5, 0.6) is 11.5 Å². The van der Waals surface area contributed by atoms with Crippen LogP contribution in [0.3, 0.4) is 0 Å². The fourth-order valence-electron chi connectivity index (χ4n) is 3.70. The van der Waals surface area contributed by atoms with Gasteiger partial charge >= 0.3 is 0 Å². The van der Waals surface area contributed by atoms with E-state index < -0.39 is 0 Å². The summed E-state index contributed by atoms with van der Waals surface area (Å²) in [6.07, 6.45) is 1.94. The zero-order valence-corrected chi connectivity index (χ0v) is 15.1. The first kappa shape index (κ1) is 17.4. The Morgan fingerprint density at radius 3 is 1.13 bits per heavy atom. The van der Waals surface area contributed by atoms with Gasteiger partial charge in [0, 0.05) is 5.41 Å². The Kier molecular flexibility index (Phi) is 4.74. The SMILES string of the molecule is CCC(CC)(c1cc(C)c(O)c(C)c1)c1cc(C)c(O)c(C)c1. The Labute approximate surface area is 139 Å². The van der Waals surface area contributed by atoms with Crippen molar-refractivity contribution in [2.24, 2.45) is 0 Å². The number of hydrogen-bond donors (Lipinski definition) is 2. The molecule has 2 rings (SSSR count). The smallest absolute Gasteiger partial charge is 0.121 e. The molecular weight excluding hydrogens is 284 g/mol. The van der Waals surface area contributed by atoms with E-state index in [4.69, 9.17) is 0 Å². The monoisotopic (exact) mass is 312 g/mol. The van der Waals surface area contributed by atoms with Crippen LogP contribution < -0.4 is 0 Å². The predicted octanol–water partition coefficient (Wildman–Crippen LogP) is 5.44. The normalized spacial score (nSPS) is 11.7. The van der Waals surface area contributed by atoms with Crippen LogP contribution in [-0.4, -0.2) is 10.2 Å². The molecule has 0 aliphatic rings. The Morgan fingerprint density at radius 1 is 0.652 bits per heavy atom. The summed E-state index contributed by atoms with van der Waals surface area (Å²) >= 11 is 0. The molecule has 2 aromatic carbocycles. The van der Waals surface area contributed by atoms with E-state index in [1.807, 2.05) is 27.7 Å². The maximum absolute atomic E-state index is 10.1. The van der Waals surface area contributed by atoms with E-state index in [9.17, 15) is 10.2 Å². The van der Waals surface area contributed by atoms with E-state index in [0.717, 1.165) is 35.1 Å². The average molecular weight is 312 g/mol. The quantitative estimate of drug-likeness (QED) is 0.789. The van der Waals surface area contributed by atoms with E-state index in [2.05, 4.69) is 38.1 Å². The first-order chi connectivity index (χ1) is 10.8. The van der Waals surface area contributed by atoms with Gasteiger partial charge in [0.25, 0.3) is 0 Å². The van der Waals surface area contributed by atoms with Crippen LogP contribution in [-0.2, 0) is 5.41 Å². The van der Waals surface area contributed by atoms with E-state index in [1.54, 1.807) is 0 Å². The lowest BCUT2D eigenvalue weighted by atomic mass is 9.69. The third kappa shape index (κ3) is 2.83. The highest BCUT2D eigenvalue weighted by Gasteiger charge is 2.32. The molecule has 0 fully saturated rings. The van der Waals surface area contributed by atoms with Gasteiger partial charge in [-0.25, -0.2) is 0 Å². The fourth-order valence-corrected chi connectivity index (χ4v) is 3.70. The summed E-state index contributed by atoms with van der Waals surface area (Å²) < 4.78 is 0. The minimum Gasteiger partial charge on any atom is -0.507 e. The minimum atomic E-state index is -0.105. The van der Waals surface area contributed by atoms with Crippen molar-refractivity contribution < 1.29 is 10.2 Å². The zero-order valence-electron chi connectivity index (χ0n) is 15.1. The van der Waals surface area contributed by atoms with Crippen LogP contribution >= 0.6 is 0 Å². The summed E-state index contributed by atoms with van der Waals surface area (Å²) in [4.78, 5) is 0. The molecule has 0 spiro atoms. The molecule has 0 radical (unpaired) electrons. The molecule has 0 saturated heterocycles. The van der Waals surface area contributed by atoms with Gasteiger partial charge in [-0.3, -0.25) is 0 Å². The van der Waals surface area contributed by atoms with Crippen LogP contribution in [0.1, 0.15) is 60.1 Å². The second-order valence-corrected chi connectivity index (χ2v) is 6.71. The van der Waals surface area contributed by atoms with E-state index >= 15 is 0 Å². The maximum Gasteiger partial charge on any atom is 0.121 e. The molecule has 0 bridgehead atoms. The number of phenols is 2. The lowest BCUT2D eigenvalue weighted by Crippen LogP contribution is -2.26. The standard InChI is InChI=1S/C21H28O2/c1-7-21(8-2,17-9-13(3)19(22)14(4)10-17)18-11-15(5)20(23)16(6)12-18/h9-12,22-23H,7-8H2,1-6H3. The van der Waals surface area contributed by atoms with Crippen LogP contribution in [0.15, 0.2) is 24.3 Å². The highest BCUT2D eigenvalue weighted by atomic mass is 16.3. The van der Waals surface area contributed by atoms with Crippen molar-refractivity contribution in [3.05, 3.63) is 57.6 Å². The van der Waals surface area contributed by atoms with Gasteiger partial charge in [-0.2, -0.15) is 0 Å². The first-order valence-corrected chi connectivity index (χ1v) is 8.38. The summed E-state index contributed by atoms with van der Waals surface area (Å²) in [7, 11) is 0. The number of aryl methyl sites for hydroxylation is 4. The average Bonchev–Trinajstić information content (AvgIpc) is 2.51. The van der Waals surface area contributed by atoms with Crippen LogP contribution in [0.4, 0.5) is 0 Å². The molecule has 124 valence electrons. The van der Waals surface area contributed by atoms with E-state index in [0.29, 0.717) is 11.5 Å². The third-order valence-electron chi connectivity index (χ3n) is 5.29. The van der Waals surface area contributed by atoms with Crippen molar-refractivity contribution in [1.29, 1.82) is 0 Å². The van der Waals surface area contributed by atoms with Gasteiger partial charge in [0.1, 0.15) is 11.5 Å².